The van der Waals surface area contributed by atoms with E-state index in [1.807, 2.05) is 20.8 Å². The van der Waals surface area contributed by atoms with Gasteiger partial charge in [-0.1, -0.05) is 20.8 Å². The molecule has 0 aromatic rings. The maximum absolute atomic E-state index is 12.6. The number of piperazine rings is 1. The summed E-state index contributed by atoms with van der Waals surface area (Å²) < 4.78 is 23.1. The Morgan fingerprint density at radius 1 is 1.29 bits per heavy atom. The van der Waals surface area contributed by atoms with Crippen LogP contribution in [0.5, 0.6) is 0 Å². The molecule has 7 heteroatoms. The van der Waals surface area contributed by atoms with E-state index in [2.05, 4.69) is 5.32 Å². The largest absolute Gasteiger partial charge is 0.342 e. The molecule has 0 spiro atoms. The Morgan fingerprint density at radius 3 is 2.38 bits per heavy atom. The molecule has 0 aromatic heterocycles. The van der Waals surface area contributed by atoms with Gasteiger partial charge >= 0.3 is 0 Å². The Morgan fingerprint density at radius 2 is 1.90 bits per heavy atom. The summed E-state index contributed by atoms with van der Waals surface area (Å²) in [4.78, 5) is 26.3. The average molecular weight is 316 g/mol. The average Bonchev–Trinajstić information content (AvgIpc) is 2.67. The molecule has 2 aliphatic heterocycles. The quantitative estimate of drug-likeness (QED) is 0.788. The van der Waals surface area contributed by atoms with Crippen LogP contribution in [0.2, 0.25) is 0 Å². The van der Waals surface area contributed by atoms with E-state index in [0.717, 1.165) is 0 Å². The first-order valence-corrected chi connectivity index (χ1v) is 9.15. The SMILES string of the molecule is CC1C(=O)NC(C(C)(C)C)C(=O)N1CC1CCS(=O)(=O)C1. The summed E-state index contributed by atoms with van der Waals surface area (Å²) in [5, 5.41) is 2.78. The highest BCUT2D eigenvalue weighted by molar-refractivity contribution is 7.91. The molecule has 0 aliphatic carbocycles. The van der Waals surface area contributed by atoms with Crippen LogP contribution in [0.25, 0.3) is 0 Å². The van der Waals surface area contributed by atoms with Crippen LogP contribution < -0.4 is 5.32 Å². The first kappa shape index (κ1) is 16.3. The number of carbonyl (C=O) groups excluding carboxylic acids is 2. The second kappa shape index (κ2) is 5.26. The smallest absolute Gasteiger partial charge is 0.246 e. The summed E-state index contributed by atoms with van der Waals surface area (Å²) in [6, 6.07) is -1.10. The highest BCUT2D eigenvalue weighted by Crippen LogP contribution is 2.27. The number of nitrogens with zero attached hydrogens (tertiary/aromatic N) is 1. The van der Waals surface area contributed by atoms with Crippen LogP contribution >= 0.6 is 0 Å². The maximum Gasteiger partial charge on any atom is 0.246 e. The van der Waals surface area contributed by atoms with E-state index in [4.69, 9.17) is 0 Å². The predicted octanol–water partition coefficient (Wildman–Crippen LogP) is 0.183. The molecule has 120 valence electrons. The second-order valence-electron chi connectivity index (χ2n) is 7.24. The maximum atomic E-state index is 12.6. The Kier molecular flexibility index (Phi) is 4.08. The number of hydrogen-bond acceptors (Lipinski definition) is 4. The number of rotatable bonds is 2. The molecular weight excluding hydrogens is 292 g/mol. The van der Waals surface area contributed by atoms with Crippen molar-refractivity contribution >= 4 is 21.7 Å². The van der Waals surface area contributed by atoms with Gasteiger partial charge in [-0.3, -0.25) is 9.59 Å². The Bertz CT molecular complexity index is 550. The van der Waals surface area contributed by atoms with Crippen LogP contribution in [0.15, 0.2) is 0 Å². The topological polar surface area (TPSA) is 83.6 Å². The minimum Gasteiger partial charge on any atom is -0.342 e. The standard InChI is InChI=1S/C14H24N2O4S/c1-9-12(17)15-11(14(2,3)4)13(18)16(9)7-10-5-6-21(19,20)8-10/h9-11H,5-8H2,1-4H3,(H,15,17). The minimum absolute atomic E-state index is 0.0621. The van der Waals surface area contributed by atoms with Crippen LogP contribution in [0.3, 0.4) is 0 Å². The Balaban J connectivity index is 2.16. The highest BCUT2D eigenvalue weighted by atomic mass is 32.2. The van der Waals surface area contributed by atoms with Gasteiger partial charge in [0.05, 0.1) is 11.5 Å². The third kappa shape index (κ3) is 3.39. The minimum atomic E-state index is -2.98. The monoisotopic (exact) mass is 316 g/mol. The molecule has 0 bridgehead atoms. The van der Waals surface area contributed by atoms with Gasteiger partial charge < -0.3 is 10.2 Å². The zero-order chi connectivity index (χ0) is 16.0. The molecule has 3 atom stereocenters. The Labute approximate surface area is 126 Å². The molecule has 0 aromatic carbocycles. The van der Waals surface area contributed by atoms with Crippen molar-refractivity contribution in [3.05, 3.63) is 0 Å². The van der Waals surface area contributed by atoms with Gasteiger partial charge in [0.1, 0.15) is 12.1 Å². The predicted molar refractivity (Wildman–Crippen MR) is 79.3 cm³/mol. The van der Waals surface area contributed by atoms with Crippen molar-refractivity contribution in [1.29, 1.82) is 0 Å². The van der Waals surface area contributed by atoms with Gasteiger partial charge in [0.25, 0.3) is 0 Å². The van der Waals surface area contributed by atoms with Gasteiger partial charge in [0.15, 0.2) is 9.84 Å². The normalized spacial score (nSPS) is 33.1. The molecule has 2 rings (SSSR count). The van der Waals surface area contributed by atoms with Gasteiger partial charge in [0.2, 0.25) is 11.8 Å². The molecule has 2 amide bonds. The van der Waals surface area contributed by atoms with Gasteiger partial charge in [-0.25, -0.2) is 8.42 Å². The van der Waals surface area contributed by atoms with Crippen LogP contribution in [-0.4, -0.2) is 55.3 Å². The lowest BCUT2D eigenvalue weighted by atomic mass is 9.83. The van der Waals surface area contributed by atoms with E-state index in [9.17, 15) is 18.0 Å². The van der Waals surface area contributed by atoms with Gasteiger partial charge in [0, 0.05) is 6.54 Å². The summed E-state index contributed by atoms with van der Waals surface area (Å²) in [6.07, 6.45) is 0.570. The molecule has 2 fully saturated rings. The first-order chi connectivity index (χ1) is 9.51. The molecule has 6 nitrogen and oxygen atoms in total. The van der Waals surface area contributed by atoms with Crippen molar-refractivity contribution in [2.75, 3.05) is 18.1 Å². The van der Waals surface area contributed by atoms with Gasteiger partial charge in [-0.2, -0.15) is 0 Å². The number of carbonyl (C=O) groups is 2. The van der Waals surface area contributed by atoms with E-state index in [1.165, 1.54) is 0 Å². The summed E-state index contributed by atoms with van der Waals surface area (Å²) in [5.41, 5.74) is -0.368. The molecule has 0 saturated carbocycles. The van der Waals surface area contributed by atoms with Gasteiger partial charge in [-0.15, -0.1) is 0 Å². The highest BCUT2D eigenvalue weighted by Gasteiger charge is 2.44. The second-order valence-corrected chi connectivity index (χ2v) is 9.47. The summed E-state index contributed by atoms with van der Waals surface area (Å²) in [6.45, 7) is 7.76. The van der Waals surface area contributed by atoms with Crippen molar-refractivity contribution in [2.24, 2.45) is 11.3 Å². The fraction of sp³-hybridized carbons (Fsp3) is 0.857. The zero-order valence-electron chi connectivity index (χ0n) is 13.0. The first-order valence-electron chi connectivity index (χ1n) is 7.32. The van der Waals surface area contributed by atoms with E-state index >= 15 is 0 Å². The molecule has 2 aliphatic rings. The summed E-state index contributed by atoms with van der Waals surface area (Å²) >= 11 is 0. The number of amides is 2. The molecular formula is C14H24N2O4S. The summed E-state index contributed by atoms with van der Waals surface area (Å²) in [5.74, 6) is -0.0453. The van der Waals surface area contributed by atoms with Crippen LogP contribution in [-0.2, 0) is 19.4 Å². The Hall–Kier alpha value is -1.11. The van der Waals surface area contributed by atoms with Crippen LogP contribution in [0, 0.1) is 11.3 Å². The van der Waals surface area contributed by atoms with E-state index in [-0.39, 0.29) is 34.7 Å². The van der Waals surface area contributed by atoms with E-state index in [1.54, 1.807) is 11.8 Å². The van der Waals surface area contributed by atoms with Crippen LogP contribution in [0.4, 0.5) is 0 Å². The number of nitrogens with one attached hydrogen (secondary N) is 1. The molecule has 0 radical (unpaired) electrons. The van der Waals surface area contributed by atoms with Gasteiger partial charge in [-0.05, 0) is 24.7 Å². The van der Waals surface area contributed by atoms with Crippen molar-refractivity contribution in [3.8, 4) is 0 Å². The molecule has 21 heavy (non-hydrogen) atoms. The zero-order valence-corrected chi connectivity index (χ0v) is 13.9. The van der Waals surface area contributed by atoms with Crippen molar-refractivity contribution in [3.63, 3.8) is 0 Å². The fourth-order valence-corrected chi connectivity index (χ4v) is 4.80. The number of hydrogen-bond donors (Lipinski definition) is 1. The lowest BCUT2D eigenvalue weighted by Gasteiger charge is -2.43. The van der Waals surface area contributed by atoms with Crippen molar-refractivity contribution in [1.82, 2.24) is 10.2 Å². The van der Waals surface area contributed by atoms with Crippen molar-refractivity contribution in [2.45, 2.75) is 46.2 Å². The fourth-order valence-electron chi connectivity index (χ4n) is 2.95. The molecule has 2 saturated heterocycles. The summed E-state index contributed by atoms with van der Waals surface area (Å²) in [7, 11) is -2.98. The van der Waals surface area contributed by atoms with Crippen LogP contribution in [0.1, 0.15) is 34.1 Å². The third-order valence-electron chi connectivity index (χ3n) is 4.31. The third-order valence-corrected chi connectivity index (χ3v) is 6.15. The molecule has 1 N–H and O–H groups in total. The van der Waals surface area contributed by atoms with Crippen molar-refractivity contribution < 1.29 is 18.0 Å². The van der Waals surface area contributed by atoms with E-state index < -0.39 is 21.9 Å². The lowest BCUT2D eigenvalue weighted by Crippen LogP contribution is -2.66. The lowest BCUT2D eigenvalue weighted by molar-refractivity contribution is -0.152. The molecule has 2 heterocycles. The van der Waals surface area contributed by atoms with E-state index in [0.29, 0.717) is 13.0 Å². The number of sulfone groups is 1. The molecule has 3 unspecified atom stereocenters.